The van der Waals surface area contributed by atoms with E-state index in [1.54, 1.807) is 13.2 Å². The van der Waals surface area contributed by atoms with Gasteiger partial charge in [0.2, 0.25) is 11.0 Å². The molecule has 6 nitrogen and oxygen atoms in total. The highest BCUT2D eigenvalue weighted by Gasteiger charge is 2.08. The molecule has 3 aromatic rings. The number of aryl methyl sites for hydroxylation is 1. The molecule has 0 bridgehead atoms. The number of nitrogens with zero attached hydrogens (tertiary/aromatic N) is 2. The van der Waals surface area contributed by atoms with Crippen molar-refractivity contribution in [2.24, 2.45) is 0 Å². The predicted octanol–water partition coefficient (Wildman–Crippen LogP) is 5.77. The molecule has 1 amide bonds. The molecule has 1 heterocycles. The third kappa shape index (κ3) is 7.08. The second-order valence-electron chi connectivity index (χ2n) is 6.75. The van der Waals surface area contributed by atoms with E-state index in [-0.39, 0.29) is 5.91 Å². The molecule has 31 heavy (non-hydrogen) atoms. The minimum atomic E-state index is -0.264. The van der Waals surface area contributed by atoms with Crippen LogP contribution in [0.4, 0.5) is 5.13 Å². The number of hydrogen-bond acceptors (Lipinski definition) is 6. The van der Waals surface area contributed by atoms with Crippen LogP contribution in [0.25, 0.3) is 6.08 Å². The summed E-state index contributed by atoms with van der Waals surface area (Å²) < 4.78 is 11.3. The zero-order valence-corrected chi connectivity index (χ0v) is 19.0. The van der Waals surface area contributed by atoms with Crippen molar-refractivity contribution in [1.29, 1.82) is 0 Å². The Kier molecular flexibility index (Phi) is 8.44. The largest absolute Gasteiger partial charge is 0.493 e. The van der Waals surface area contributed by atoms with Crippen molar-refractivity contribution in [3.63, 3.8) is 0 Å². The molecule has 0 saturated heterocycles. The van der Waals surface area contributed by atoms with Crippen molar-refractivity contribution in [1.82, 2.24) is 10.2 Å². The molecule has 0 aliphatic rings. The van der Waals surface area contributed by atoms with E-state index in [1.807, 2.05) is 42.5 Å². The minimum Gasteiger partial charge on any atom is -0.493 e. The van der Waals surface area contributed by atoms with Gasteiger partial charge in [-0.1, -0.05) is 54.5 Å². The van der Waals surface area contributed by atoms with Gasteiger partial charge >= 0.3 is 0 Å². The zero-order valence-electron chi connectivity index (χ0n) is 17.4. The van der Waals surface area contributed by atoms with Gasteiger partial charge in [0.25, 0.3) is 0 Å². The second-order valence-corrected chi connectivity index (χ2v) is 8.25. The van der Waals surface area contributed by atoms with E-state index >= 15 is 0 Å². The monoisotopic (exact) mass is 457 g/mol. The van der Waals surface area contributed by atoms with Gasteiger partial charge in [0.05, 0.1) is 7.11 Å². The fraction of sp³-hybridized carbons (Fsp3) is 0.261. The van der Waals surface area contributed by atoms with E-state index < -0.39 is 0 Å². The van der Waals surface area contributed by atoms with Gasteiger partial charge in [-0.05, 0) is 47.9 Å². The van der Waals surface area contributed by atoms with Crippen LogP contribution in [0.2, 0.25) is 5.02 Å². The molecule has 162 valence electrons. The Morgan fingerprint density at radius 3 is 2.71 bits per heavy atom. The molecule has 0 unspecified atom stereocenters. The molecule has 1 aromatic heterocycles. The first-order chi connectivity index (χ1) is 15.1. The van der Waals surface area contributed by atoms with Crippen molar-refractivity contribution >= 4 is 40.1 Å². The van der Waals surface area contributed by atoms with Gasteiger partial charge in [0, 0.05) is 17.5 Å². The summed E-state index contributed by atoms with van der Waals surface area (Å²) in [7, 11) is 1.58. The SMILES string of the molecule is CCCCc1nnc(NC(=O)/C=C/c2ccc(OCc3ccc(Cl)cc3)c(OC)c2)s1. The number of amides is 1. The number of unbranched alkanes of at least 4 members (excludes halogenated alkanes) is 1. The fourth-order valence-electron chi connectivity index (χ4n) is 2.70. The first kappa shape index (κ1) is 22.8. The lowest BCUT2D eigenvalue weighted by Gasteiger charge is -2.11. The van der Waals surface area contributed by atoms with E-state index in [4.69, 9.17) is 21.1 Å². The summed E-state index contributed by atoms with van der Waals surface area (Å²) in [6.07, 6.45) is 6.20. The summed E-state index contributed by atoms with van der Waals surface area (Å²) >= 11 is 7.31. The van der Waals surface area contributed by atoms with Gasteiger partial charge in [-0.3, -0.25) is 10.1 Å². The lowest BCUT2D eigenvalue weighted by atomic mass is 10.2. The lowest BCUT2D eigenvalue weighted by molar-refractivity contribution is -0.111. The van der Waals surface area contributed by atoms with E-state index in [0.717, 1.165) is 35.4 Å². The number of methoxy groups -OCH3 is 1. The van der Waals surface area contributed by atoms with Crippen molar-refractivity contribution in [2.45, 2.75) is 32.8 Å². The molecule has 0 aliphatic heterocycles. The Bertz CT molecular complexity index is 1030. The van der Waals surface area contributed by atoms with Crippen molar-refractivity contribution in [3.05, 3.63) is 69.7 Å². The highest BCUT2D eigenvalue weighted by atomic mass is 35.5. The van der Waals surface area contributed by atoms with E-state index in [2.05, 4.69) is 22.4 Å². The molecular formula is C23H24ClN3O3S. The molecule has 0 radical (unpaired) electrons. The van der Waals surface area contributed by atoms with E-state index in [1.165, 1.54) is 17.4 Å². The maximum Gasteiger partial charge on any atom is 0.250 e. The van der Waals surface area contributed by atoms with Gasteiger partial charge in [-0.2, -0.15) is 0 Å². The van der Waals surface area contributed by atoms with Crippen LogP contribution in [0.1, 0.15) is 35.9 Å². The zero-order chi connectivity index (χ0) is 22.1. The first-order valence-electron chi connectivity index (χ1n) is 9.94. The third-order valence-corrected chi connectivity index (χ3v) is 5.51. The standard InChI is InChI=1S/C23H24ClN3O3S/c1-3-4-5-22-26-27-23(31-22)25-21(28)13-9-16-8-12-19(20(14-16)29-2)30-15-17-6-10-18(24)11-7-17/h6-14H,3-5,15H2,1-2H3,(H,25,27,28)/b13-9+. The van der Waals surface area contributed by atoms with Crippen molar-refractivity contribution in [2.75, 3.05) is 12.4 Å². The van der Waals surface area contributed by atoms with Crippen molar-refractivity contribution in [3.8, 4) is 11.5 Å². The average Bonchev–Trinajstić information content (AvgIpc) is 3.23. The number of rotatable bonds is 10. The molecule has 0 atom stereocenters. The molecule has 1 N–H and O–H groups in total. The van der Waals surface area contributed by atoms with Gasteiger partial charge in [-0.25, -0.2) is 0 Å². The summed E-state index contributed by atoms with van der Waals surface area (Å²) in [5, 5.41) is 13.0. The van der Waals surface area contributed by atoms with Crippen molar-refractivity contribution < 1.29 is 14.3 Å². The molecule has 2 aromatic carbocycles. The van der Waals surface area contributed by atoms with Gasteiger partial charge in [-0.15, -0.1) is 10.2 Å². The number of ether oxygens (including phenoxy) is 2. The van der Waals surface area contributed by atoms with Crippen LogP contribution < -0.4 is 14.8 Å². The molecule has 0 fully saturated rings. The molecular weight excluding hydrogens is 434 g/mol. The maximum absolute atomic E-state index is 12.2. The number of halogens is 1. The van der Waals surface area contributed by atoms with Gasteiger partial charge in [0.1, 0.15) is 11.6 Å². The van der Waals surface area contributed by atoms with Crippen LogP contribution >= 0.6 is 22.9 Å². The van der Waals surface area contributed by atoms with Gasteiger partial charge < -0.3 is 9.47 Å². The number of anilines is 1. The molecule has 0 aliphatic carbocycles. The fourth-order valence-corrected chi connectivity index (χ4v) is 3.61. The smallest absolute Gasteiger partial charge is 0.250 e. The average molecular weight is 458 g/mol. The quantitative estimate of drug-likeness (QED) is 0.391. The van der Waals surface area contributed by atoms with E-state index in [9.17, 15) is 4.79 Å². The molecule has 0 spiro atoms. The third-order valence-electron chi connectivity index (χ3n) is 4.36. The van der Waals surface area contributed by atoms with E-state index in [0.29, 0.717) is 28.3 Å². The topological polar surface area (TPSA) is 73.3 Å². The Labute approximate surface area is 190 Å². The Balaban J connectivity index is 1.58. The highest BCUT2D eigenvalue weighted by Crippen LogP contribution is 2.29. The van der Waals surface area contributed by atoms with Crippen LogP contribution in [-0.2, 0) is 17.8 Å². The highest BCUT2D eigenvalue weighted by molar-refractivity contribution is 7.15. The number of nitrogens with one attached hydrogen (secondary N) is 1. The normalized spacial score (nSPS) is 10.9. The molecule has 0 saturated carbocycles. The Morgan fingerprint density at radius 1 is 1.16 bits per heavy atom. The summed E-state index contributed by atoms with van der Waals surface area (Å²) in [4.78, 5) is 12.2. The number of carbonyl (C=O) groups is 1. The lowest BCUT2D eigenvalue weighted by Crippen LogP contribution is -2.07. The number of hydrogen-bond donors (Lipinski definition) is 1. The molecule has 8 heteroatoms. The van der Waals surface area contributed by atoms with Crippen LogP contribution in [0.5, 0.6) is 11.5 Å². The Morgan fingerprint density at radius 2 is 1.97 bits per heavy atom. The predicted molar refractivity (Wildman–Crippen MR) is 125 cm³/mol. The Hall–Kier alpha value is -2.90. The number of carbonyl (C=O) groups excluding carboxylic acids is 1. The van der Waals surface area contributed by atoms with Crippen LogP contribution in [0.3, 0.4) is 0 Å². The van der Waals surface area contributed by atoms with Crippen LogP contribution in [0, 0.1) is 0 Å². The summed E-state index contributed by atoms with van der Waals surface area (Å²) in [5.74, 6) is 0.939. The van der Waals surface area contributed by atoms with Crippen LogP contribution in [0.15, 0.2) is 48.5 Å². The summed E-state index contributed by atoms with van der Waals surface area (Å²) in [5.41, 5.74) is 1.81. The summed E-state index contributed by atoms with van der Waals surface area (Å²) in [6, 6.07) is 13.0. The second kappa shape index (κ2) is 11.5. The molecule has 3 rings (SSSR count). The minimum absolute atomic E-state index is 0.264. The first-order valence-corrected chi connectivity index (χ1v) is 11.1. The number of benzene rings is 2. The van der Waals surface area contributed by atoms with Crippen LogP contribution in [-0.4, -0.2) is 23.2 Å². The summed E-state index contributed by atoms with van der Waals surface area (Å²) in [6.45, 7) is 2.52. The van der Waals surface area contributed by atoms with Gasteiger partial charge in [0.15, 0.2) is 11.5 Å². The number of aromatic nitrogens is 2. The maximum atomic E-state index is 12.2.